The van der Waals surface area contributed by atoms with Crippen molar-refractivity contribution in [2.75, 3.05) is 13.1 Å². The van der Waals surface area contributed by atoms with Gasteiger partial charge in [-0.15, -0.1) is 0 Å². The van der Waals surface area contributed by atoms with Gasteiger partial charge in [0.15, 0.2) is 0 Å². The van der Waals surface area contributed by atoms with Crippen molar-refractivity contribution in [3.8, 4) is 16.9 Å². The average molecular weight is 281 g/mol. The van der Waals surface area contributed by atoms with E-state index >= 15 is 0 Å². The van der Waals surface area contributed by atoms with Gasteiger partial charge in [-0.3, -0.25) is 0 Å². The molecular weight excluding hydrogens is 262 g/mol. The van der Waals surface area contributed by atoms with Crippen LogP contribution in [0.15, 0.2) is 48.5 Å². The summed E-state index contributed by atoms with van der Waals surface area (Å²) in [6.07, 6.45) is 1.19. The second-order valence-corrected chi connectivity index (χ2v) is 6.05. The van der Waals surface area contributed by atoms with Crippen molar-refractivity contribution in [3.05, 3.63) is 54.1 Å². The molecule has 2 aliphatic heterocycles. The van der Waals surface area contributed by atoms with Gasteiger partial charge in [-0.25, -0.2) is 0 Å². The first-order valence-electron chi connectivity index (χ1n) is 7.53. The van der Waals surface area contributed by atoms with E-state index in [0.717, 1.165) is 42.0 Å². The minimum atomic E-state index is -0.447. The molecule has 2 unspecified atom stereocenters. The number of aliphatic hydroxyl groups is 1. The molecule has 21 heavy (non-hydrogen) atoms. The van der Waals surface area contributed by atoms with Crippen molar-refractivity contribution in [1.29, 1.82) is 0 Å². The fourth-order valence-corrected chi connectivity index (χ4v) is 3.43. The lowest BCUT2D eigenvalue weighted by Gasteiger charge is -2.37. The maximum absolute atomic E-state index is 10.6. The molecule has 0 saturated carbocycles. The Morgan fingerprint density at radius 1 is 1.10 bits per heavy atom. The summed E-state index contributed by atoms with van der Waals surface area (Å²) in [7, 11) is 0. The quantitative estimate of drug-likeness (QED) is 0.844. The van der Waals surface area contributed by atoms with Crippen LogP contribution in [0, 0.1) is 0 Å². The molecule has 2 aromatic carbocycles. The summed E-state index contributed by atoms with van der Waals surface area (Å²) >= 11 is 0. The number of aliphatic hydroxyl groups excluding tert-OH is 1. The summed E-state index contributed by atoms with van der Waals surface area (Å²) < 4.78 is 6.22. The summed E-state index contributed by atoms with van der Waals surface area (Å²) in [6, 6.07) is 16.4. The van der Waals surface area contributed by atoms with E-state index in [2.05, 4.69) is 29.6 Å². The molecule has 0 bridgehead atoms. The molecule has 1 fully saturated rings. The zero-order valence-electron chi connectivity index (χ0n) is 11.9. The van der Waals surface area contributed by atoms with Gasteiger partial charge < -0.3 is 15.2 Å². The Kier molecular flexibility index (Phi) is 2.98. The van der Waals surface area contributed by atoms with Crippen LogP contribution in [0.25, 0.3) is 11.1 Å². The van der Waals surface area contributed by atoms with Crippen molar-refractivity contribution < 1.29 is 9.84 Å². The number of fused-ring (bicyclic) bond motifs is 1. The number of rotatable bonds is 1. The van der Waals surface area contributed by atoms with Gasteiger partial charge in [0.25, 0.3) is 0 Å². The van der Waals surface area contributed by atoms with Crippen LogP contribution < -0.4 is 10.1 Å². The predicted molar refractivity (Wildman–Crippen MR) is 82.3 cm³/mol. The van der Waals surface area contributed by atoms with Gasteiger partial charge in [0.2, 0.25) is 0 Å². The highest BCUT2D eigenvalue weighted by molar-refractivity contribution is 5.66. The number of nitrogens with one attached hydrogen (secondary N) is 1. The summed E-state index contributed by atoms with van der Waals surface area (Å²) in [5.74, 6) is 0.831. The Morgan fingerprint density at radius 3 is 2.71 bits per heavy atom. The Bertz CT molecular complexity index is 648. The van der Waals surface area contributed by atoms with E-state index in [4.69, 9.17) is 4.74 Å². The molecule has 0 amide bonds. The maximum Gasteiger partial charge on any atom is 0.126 e. The van der Waals surface area contributed by atoms with Gasteiger partial charge in [-0.2, -0.15) is 0 Å². The van der Waals surface area contributed by atoms with Crippen LogP contribution >= 0.6 is 0 Å². The van der Waals surface area contributed by atoms with Crippen LogP contribution in [0.1, 0.15) is 24.5 Å². The standard InChI is InChI=1S/C18H19NO2/c20-16-11-18(8-9-19-12-18)21-17-7-6-14(10-15(16)17)13-4-2-1-3-5-13/h1-7,10,16,19-20H,8-9,11-12H2. The zero-order chi connectivity index (χ0) is 14.3. The zero-order valence-corrected chi connectivity index (χ0v) is 11.9. The highest BCUT2D eigenvalue weighted by Crippen LogP contribution is 2.43. The number of hydrogen-bond donors (Lipinski definition) is 2. The van der Waals surface area contributed by atoms with Gasteiger partial charge in [0.05, 0.1) is 6.10 Å². The molecule has 2 N–H and O–H groups in total. The van der Waals surface area contributed by atoms with E-state index in [1.165, 1.54) is 0 Å². The minimum absolute atomic E-state index is 0.222. The molecular formula is C18H19NO2. The topological polar surface area (TPSA) is 41.5 Å². The second kappa shape index (κ2) is 4.86. The lowest BCUT2D eigenvalue weighted by Crippen LogP contribution is -2.42. The Labute approximate surface area is 124 Å². The highest BCUT2D eigenvalue weighted by Gasteiger charge is 2.42. The van der Waals surface area contributed by atoms with Crippen LogP contribution in [0.4, 0.5) is 0 Å². The van der Waals surface area contributed by atoms with E-state index in [0.29, 0.717) is 6.42 Å². The minimum Gasteiger partial charge on any atom is -0.485 e. The predicted octanol–water partition coefficient (Wildman–Crippen LogP) is 2.90. The van der Waals surface area contributed by atoms with E-state index in [1.807, 2.05) is 24.3 Å². The molecule has 1 saturated heterocycles. The molecule has 3 nitrogen and oxygen atoms in total. The summed E-state index contributed by atoms with van der Waals surface area (Å²) in [5.41, 5.74) is 2.97. The normalized spacial score (nSPS) is 27.4. The third kappa shape index (κ3) is 2.23. The van der Waals surface area contributed by atoms with Gasteiger partial charge in [0.1, 0.15) is 11.4 Å². The summed E-state index contributed by atoms with van der Waals surface area (Å²) in [5, 5.41) is 13.9. The summed E-state index contributed by atoms with van der Waals surface area (Å²) in [4.78, 5) is 0. The summed E-state index contributed by atoms with van der Waals surface area (Å²) in [6.45, 7) is 1.79. The largest absolute Gasteiger partial charge is 0.485 e. The fourth-order valence-electron chi connectivity index (χ4n) is 3.43. The molecule has 2 atom stereocenters. The first-order chi connectivity index (χ1) is 10.3. The molecule has 2 aliphatic rings. The monoisotopic (exact) mass is 281 g/mol. The lowest BCUT2D eigenvalue weighted by atomic mass is 9.87. The molecule has 0 radical (unpaired) electrons. The third-order valence-corrected chi connectivity index (χ3v) is 4.57. The van der Waals surface area contributed by atoms with Crippen molar-refractivity contribution >= 4 is 0 Å². The average Bonchev–Trinajstić information content (AvgIpc) is 2.95. The van der Waals surface area contributed by atoms with Crippen molar-refractivity contribution in [2.45, 2.75) is 24.5 Å². The van der Waals surface area contributed by atoms with Crippen molar-refractivity contribution in [3.63, 3.8) is 0 Å². The van der Waals surface area contributed by atoms with Crippen LogP contribution in [0.3, 0.4) is 0 Å². The Morgan fingerprint density at radius 2 is 1.95 bits per heavy atom. The highest BCUT2D eigenvalue weighted by atomic mass is 16.5. The molecule has 108 valence electrons. The maximum atomic E-state index is 10.6. The SMILES string of the molecule is OC1CC2(CCNC2)Oc2ccc(-c3ccccc3)cc21. The van der Waals surface area contributed by atoms with Crippen molar-refractivity contribution in [1.82, 2.24) is 5.32 Å². The van der Waals surface area contributed by atoms with Gasteiger partial charge in [-0.05, 0) is 29.8 Å². The van der Waals surface area contributed by atoms with Crippen molar-refractivity contribution in [2.24, 2.45) is 0 Å². The van der Waals surface area contributed by atoms with E-state index in [1.54, 1.807) is 0 Å². The fraction of sp³-hybridized carbons (Fsp3) is 0.333. The first-order valence-corrected chi connectivity index (χ1v) is 7.53. The molecule has 3 heteroatoms. The molecule has 2 heterocycles. The van der Waals surface area contributed by atoms with E-state index in [-0.39, 0.29) is 5.60 Å². The molecule has 0 aliphatic carbocycles. The molecule has 1 spiro atoms. The smallest absolute Gasteiger partial charge is 0.126 e. The molecule has 2 aromatic rings. The van der Waals surface area contributed by atoms with Gasteiger partial charge in [-0.1, -0.05) is 36.4 Å². The Balaban J connectivity index is 1.72. The number of hydrogen-bond acceptors (Lipinski definition) is 3. The molecule has 4 rings (SSSR count). The number of benzene rings is 2. The van der Waals surface area contributed by atoms with Crippen LogP contribution in [-0.4, -0.2) is 23.8 Å². The number of ether oxygens (including phenoxy) is 1. The third-order valence-electron chi connectivity index (χ3n) is 4.57. The van der Waals surface area contributed by atoms with Gasteiger partial charge in [0, 0.05) is 24.9 Å². The second-order valence-electron chi connectivity index (χ2n) is 6.05. The van der Waals surface area contributed by atoms with Crippen LogP contribution in [0.5, 0.6) is 5.75 Å². The molecule has 0 aromatic heterocycles. The van der Waals surface area contributed by atoms with Crippen LogP contribution in [0.2, 0.25) is 0 Å². The lowest BCUT2D eigenvalue weighted by molar-refractivity contribution is -0.000240. The Hall–Kier alpha value is -1.84. The van der Waals surface area contributed by atoms with E-state index in [9.17, 15) is 5.11 Å². The first kappa shape index (κ1) is 12.9. The van der Waals surface area contributed by atoms with Gasteiger partial charge >= 0.3 is 0 Å². The van der Waals surface area contributed by atoms with E-state index < -0.39 is 6.10 Å². The van der Waals surface area contributed by atoms with Crippen LogP contribution in [-0.2, 0) is 0 Å².